The van der Waals surface area contributed by atoms with Crippen LogP contribution in [0.4, 0.5) is 11.5 Å². The third kappa shape index (κ3) is 2.55. The largest absolute Gasteiger partial charge is 0.383 e. The first-order valence-electron chi connectivity index (χ1n) is 9.67. The minimum Gasteiger partial charge on any atom is -0.383 e. The monoisotopic (exact) mass is 365 g/mol. The predicted octanol–water partition coefficient (Wildman–Crippen LogP) is 5.24. The van der Waals surface area contributed by atoms with Gasteiger partial charge in [-0.1, -0.05) is 60.7 Å². The van der Waals surface area contributed by atoms with Gasteiger partial charge < -0.3 is 10.6 Å². The number of pyridine rings is 1. The molecule has 0 fully saturated rings. The van der Waals surface area contributed by atoms with Crippen molar-refractivity contribution in [2.24, 2.45) is 0 Å². The van der Waals surface area contributed by atoms with Crippen molar-refractivity contribution in [2.75, 3.05) is 24.7 Å². The van der Waals surface area contributed by atoms with Gasteiger partial charge in [-0.25, -0.2) is 4.98 Å². The van der Waals surface area contributed by atoms with E-state index in [1.165, 1.54) is 33.3 Å². The first-order valence-corrected chi connectivity index (χ1v) is 9.67. The van der Waals surface area contributed by atoms with Crippen molar-refractivity contribution < 1.29 is 0 Å². The van der Waals surface area contributed by atoms with Crippen LogP contribution in [0.15, 0.2) is 72.8 Å². The molecule has 138 valence electrons. The van der Waals surface area contributed by atoms with Gasteiger partial charge in [0.05, 0.1) is 5.69 Å². The number of fused-ring (bicyclic) bond motifs is 5. The van der Waals surface area contributed by atoms with Gasteiger partial charge in [0.2, 0.25) is 0 Å². The average molecular weight is 365 g/mol. The summed E-state index contributed by atoms with van der Waals surface area (Å²) in [4.78, 5) is 7.00. The van der Waals surface area contributed by atoms with E-state index >= 15 is 0 Å². The van der Waals surface area contributed by atoms with Gasteiger partial charge in [0.1, 0.15) is 5.82 Å². The highest BCUT2D eigenvalue weighted by Crippen LogP contribution is 2.46. The SMILES string of the molecule is CN(C)c1ccc(C2Cc3ccccc3-c3nc(N)c4ccccc4c32)cc1. The number of hydrogen-bond acceptors (Lipinski definition) is 3. The molecule has 3 aromatic carbocycles. The maximum atomic E-state index is 6.36. The van der Waals surface area contributed by atoms with Crippen LogP contribution in [0, 0.1) is 0 Å². The second-order valence-corrected chi connectivity index (χ2v) is 7.70. The Labute approximate surface area is 165 Å². The smallest absolute Gasteiger partial charge is 0.131 e. The van der Waals surface area contributed by atoms with Crippen LogP contribution in [0.5, 0.6) is 0 Å². The van der Waals surface area contributed by atoms with Crippen LogP contribution < -0.4 is 10.6 Å². The van der Waals surface area contributed by atoms with Gasteiger partial charge in [-0.05, 0) is 40.6 Å². The lowest BCUT2D eigenvalue weighted by atomic mass is 9.76. The number of nitrogens with zero attached hydrogens (tertiary/aromatic N) is 2. The fourth-order valence-electron chi connectivity index (χ4n) is 4.41. The van der Waals surface area contributed by atoms with Gasteiger partial charge in [0.15, 0.2) is 0 Å². The molecule has 1 aliphatic rings. The molecular weight excluding hydrogens is 342 g/mol. The molecule has 0 saturated carbocycles. The molecule has 3 heteroatoms. The molecule has 0 saturated heterocycles. The molecular formula is C25H23N3. The van der Waals surface area contributed by atoms with Crippen LogP contribution in [-0.2, 0) is 6.42 Å². The zero-order valence-corrected chi connectivity index (χ0v) is 16.2. The standard InChI is InChI=1S/C25H23N3/c1-28(2)18-13-11-16(12-14-18)22-15-17-7-3-4-8-19(17)24-23(22)20-9-5-6-10-21(20)25(26)27-24/h3-14,22H,15H2,1-2H3,(H2,26,27). The Bertz CT molecular complexity index is 1180. The Morgan fingerprint density at radius 3 is 2.29 bits per heavy atom. The average Bonchev–Trinajstić information content (AvgIpc) is 2.73. The molecule has 1 aliphatic carbocycles. The van der Waals surface area contributed by atoms with Crippen LogP contribution in [0.2, 0.25) is 0 Å². The molecule has 3 nitrogen and oxygen atoms in total. The highest BCUT2D eigenvalue weighted by Gasteiger charge is 2.29. The van der Waals surface area contributed by atoms with Gasteiger partial charge >= 0.3 is 0 Å². The number of rotatable bonds is 2. The van der Waals surface area contributed by atoms with Crippen LogP contribution in [0.25, 0.3) is 22.0 Å². The normalized spacial score (nSPS) is 15.1. The minimum absolute atomic E-state index is 0.263. The summed E-state index contributed by atoms with van der Waals surface area (Å²) in [6, 6.07) is 25.9. The quantitative estimate of drug-likeness (QED) is 0.528. The molecule has 1 unspecified atom stereocenters. The number of nitrogen functional groups attached to an aromatic ring is 1. The first-order chi connectivity index (χ1) is 13.6. The molecule has 5 rings (SSSR count). The highest BCUT2D eigenvalue weighted by molar-refractivity contribution is 5.98. The van der Waals surface area contributed by atoms with Crippen molar-refractivity contribution in [3.05, 3.63) is 89.5 Å². The zero-order valence-electron chi connectivity index (χ0n) is 16.2. The summed E-state index contributed by atoms with van der Waals surface area (Å²) in [6.45, 7) is 0. The fraction of sp³-hybridized carbons (Fsp3) is 0.160. The fourth-order valence-corrected chi connectivity index (χ4v) is 4.41. The Morgan fingerprint density at radius 2 is 1.54 bits per heavy atom. The summed E-state index contributed by atoms with van der Waals surface area (Å²) in [5.41, 5.74) is 13.7. The second-order valence-electron chi connectivity index (χ2n) is 7.70. The number of benzene rings is 3. The molecule has 4 aromatic rings. The van der Waals surface area contributed by atoms with Gasteiger partial charge in [-0.15, -0.1) is 0 Å². The van der Waals surface area contributed by atoms with E-state index < -0.39 is 0 Å². The van der Waals surface area contributed by atoms with E-state index in [4.69, 9.17) is 10.7 Å². The molecule has 1 aromatic heterocycles. The maximum Gasteiger partial charge on any atom is 0.131 e. The molecule has 2 N–H and O–H groups in total. The van der Waals surface area contributed by atoms with Gasteiger partial charge in [0, 0.05) is 36.7 Å². The molecule has 1 atom stereocenters. The summed E-state index contributed by atoms with van der Waals surface area (Å²) in [5, 5.41) is 2.25. The van der Waals surface area contributed by atoms with E-state index in [1.807, 2.05) is 6.07 Å². The van der Waals surface area contributed by atoms with E-state index in [1.54, 1.807) is 0 Å². The first kappa shape index (κ1) is 16.8. The Kier molecular flexibility index (Phi) is 3.83. The maximum absolute atomic E-state index is 6.36. The predicted molar refractivity (Wildman–Crippen MR) is 118 cm³/mol. The molecule has 0 aliphatic heterocycles. The summed E-state index contributed by atoms with van der Waals surface area (Å²) >= 11 is 0. The molecule has 28 heavy (non-hydrogen) atoms. The van der Waals surface area contributed by atoms with Crippen LogP contribution in [0.1, 0.15) is 22.6 Å². The molecule has 0 radical (unpaired) electrons. The molecule has 0 spiro atoms. The van der Waals surface area contributed by atoms with E-state index in [0.29, 0.717) is 5.82 Å². The van der Waals surface area contributed by atoms with Crippen molar-refractivity contribution in [3.8, 4) is 11.3 Å². The molecule has 0 amide bonds. The van der Waals surface area contributed by atoms with Crippen LogP contribution in [0.3, 0.4) is 0 Å². The Morgan fingerprint density at radius 1 is 0.857 bits per heavy atom. The van der Waals surface area contributed by atoms with Gasteiger partial charge in [-0.3, -0.25) is 0 Å². The van der Waals surface area contributed by atoms with Crippen molar-refractivity contribution in [3.63, 3.8) is 0 Å². The second kappa shape index (κ2) is 6.38. The lowest BCUT2D eigenvalue weighted by Crippen LogP contribution is -2.16. The van der Waals surface area contributed by atoms with E-state index in [2.05, 4.69) is 85.7 Å². The molecule has 1 heterocycles. The van der Waals surface area contributed by atoms with E-state index in [-0.39, 0.29) is 5.92 Å². The van der Waals surface area contributed by atoms with Crippen LogP contribution in [-0.4, -0.2) is 19.1 Å². The van der Waals surface area contributed by atoms with E-state index in [9.17, 15) is 0 Å². The minimum atomic E-state index is 0.263. The van der Waals surface area contributed by atoms with E-state index in [0.717, 1.165) is 17.5 Å². The third-order valence-corrected chi connectivity index (χ3v) is 5.84. The lowest BCUT2D eigenvalue weighted by molar-refractivity contribution is 0.794. The number of nitrogens with two attached hydrogens (primary N) is 1. The van der Waals surface area contributed by atoms with Gasteiger partial charge in [0.25, 0.3) is 0 Å². The lowest BCUT2D eigenvalue weighted by Gasteiger charge is -2.29. The van der Waals surface area contributed by atoms with Crippen molar-refractivity contribution in [1.82, 2.24) is 4.98 Å². The summed E-state index contributed by atoms with van der Waals surface area (Å²) in [6.07, 6.45) is 0.972. The van der Waals surface area contributed by atoms with Crippen molar-refractivity contribution >= 4 is 22.3 Å². The summed E-state index contributed by atoms with van der Waals surface area (Å²) < 4.78 is 0. The zero-order chi connectivity index (χ0) is 19.3. The van der Waals surface area contributed by atoms with Crippen molar-refractivity contribution in [2.45, 2.75) is 12.3 Å². The summed E-state index contributed by atoms with van der Waals surface area (Å²) in [7, 11) is 4.14. The number of anilines is 2. The number of aromatic nitrogens is 1. The number of hydrogen-bond donors (Lipinski definition) is 1. The third-order valence-electron chi connectivity index (χ3n) is 5.84. The Hall–Kier alpha value is -3.33. The van der Waals surface area contributed by atoms with Gasteiger partial charge in [-0.2, -0.15) is 0 Å². The van der Waals surface area contributed by atoms with Crippen molar-refractivity contribution in [1.29, 1.82) is 0 Å². The summed E-state index contributed by atoms with van der Waals surface area (Å²) in [5.74, 6) is 0.867. The topological polar surface area (TPSA) is 42.2 Å². The molecule has 0 bridgehead atoms. The van der Waals surface area contributed by atoms with Crippen LogP contribution >= 0.6 is 0 Å². The highest BCUT2D eigenvalue weighted by atomic mass is 15.1. The Balaban J connectivity index is 1.79.